The SMILES string of the molecule is C=C1C=CC(c2ccc(OC(C)(C)CC)c(C)c2)=NN1. The molecule has 20 heavy (non-hydrogen) atoms. The van der Waals surface area contributed by atoms with Gasteiger partial charge in [0.05, 0.1) is 5.71 Å². The van der Waals surface area contributed by atoms with Gasteiger partial charge in [0.15, 0.2) is 0 Å². The van der Waals surface area contributed by atoms with Crippen molar-refractivity contribution in [2.45, 2.75) is 39.7 Å². The fraction of sp³-hybridized carbons (Fsp3) is 0.353. The van der Waals surface area contributed by atoms with E-state index < -0.39 is 0 Å². The summed E-state index contributed by atoms with van der Waals surface area (Å²) < 4.78 is 6.05. The van der Waals surface area contributed by atoms with Crippen LogP contribution in [0.1, 0.15) is 38.3 Å². The van der Waals surface area contributed by atoms with Crippen LogP contribution in [0.15, 0.2) is 47.7 Å². The summed E-state index contributed by atoms with van der Waals surface area (Å²) in [5.74, 6) is 0.929. The second-order valence-electron chi connectivity index (χ2n) is 5.66. The van der Waals surface area contributed by atoms with Gasteiger partial charge in [0.2, 0.25) is 0 Å². The highest BCUT2D eigenvalue weighted by atomic mass is 16.5. The maximum absolute atomic E-state index is 6.05. The van der Waals surface area contributed by atoms with Gasteiger partial charge in [0, 0.05) is 11.3 Å². The van der Waals surface area contributed by atoms with Crippen LogP contribution in [0.5, 0.6) is 5.75 Å². The van der Waals surface area contributed by atoms with E-state index in [0.29, 0.717) is 0 Å². The highest BCUT2D eigenvalue weighted by Gasteiger charge is 2.18. The molecule has 0 radical (unpaired) electrons. The fourth-order valence-corrected chi connectivity index (χ4v) is 1.84. The number of hydrazone groups is 1. The van der Waals surface area contributed by atoms with Gasteiger partial charge >= 0.3 is 0 Å². The molecule has 0 atom stereocenters. The first-order valence-electron chi connectivity index (χ1n) is 6.92. The molecular weight excluding hydrogens is 248 g/mol. The third kappa shape index (κ3) is 3.29. The van der Waals surface area contributed by atoms with E-state index in [4.69, 9.17) is 4.74 Å². The first-order valence-corrected chi connectivity index (χ1v) is 6.92. The zero-order chi connectivity index (χ0) is 14.8. The van der Waals surface area contributed by atoms with E-state index in [9.17, 15) is 0 Å². The molecule has 1 heterocycles. The maximum atomic E-state index is 6.05. The smallest absolute Gasteiger partial charge is 0.123 e. The van der Waals surface area contributed by atoms with Crippen LogP contribution in [0.4, 0.5) is 0 Å². The number of hydrogen-bond donors (Lipinski definition) is 1. The molecule has 1 aromatic rings. The van der Waals surface area contributed by atoms with Crippen molar-refractivity contribution in [1.82, 2.24) is 5.43 Å². The third-order valence-electron chi connectivity index (χ3n) is 3.47. The third-order valence-corrected chi connectivity index (χ3v) is 3.47. The molecule has 0 spiro atoms. The molecule has 0 fully saturated rings. The molecule has 3 heteroatoms. The Kier molecular flexibility index (Phi) is 3.98. The lowest BCUT2D eigenvalue weighted by atomic mass is 10.0. The number of ether oxygens (including phenoxy) is 1. The molecule has 0 unspecified atom stereocenters. The summed E-state index contributed by atoms with van der Waals surface area (Å²) >= 11 is 0. The molecule has 0 saturated carbocycles. The van der Waals surface area contributed by atoms with E-state index in [2.05, 4.69) is 50.9 Å². The summed E-state index contributed by atoms with van der Waals surface area (Å²) in [4.78, 5) is 0. The molecule has 0 saturated heterocycles. The highest BCUT2D eigenvalue weighted by molar-refractivity contribution is 6.09. The number of rotatable bonds is 4. The first kappa shape index (κ1) is 14.4. The summed E-state index contributed by atoms with van der Waals surface area (Å²) in [6, 6.07) is 6.15. The van der Waals surface area contributed by atoms with Crippen molar-refractivity contribution in [1.29, 1.82) is 0 Å². The van der Waals surface area contributed by atoms with Gasteiger partial charge in [-0.2, -0.15) is 5.10 Å². The molecule has 1 aliphatic heterocycles. The zero-order valence-corrected chi connectivity index (χ0v) is 12.7. The van der Waals surface area contributed by atoms with E-state index in [1.54, 1.807) is 0 Å². The van der Waals surface area contributed by atoms with Gasteiger partial charge in [-0.05, 0) is 63.1 Å². The van der Waals surface area contributed by atoms with Gasteiger partial charge in [0.25, 0.3) is 0 Å². The van der Waals surface area contributed by atoms with Crippen molar-refractivity contribution in [2.75, 3.05) is 0 Å². The van der Waals surface area contributed by atoms with E-state index >= 15 is 0 Å². The Hall–Kier alpha value is -2.03. The quantitative estimate of drug-likeness (QED) is 0.899. The van der Waals surface area contributed by atoms with Crippen LogP contribution in [0.3, 0.4) is 0 Å². The summed E-state index contributed by atoms with van der Waals surface area (Å²) in [7, 11) is 0. The Labute approximate surface area is 121 Å². The average Bonchev–Trinajstić information content (AvgIpc) is 2.42. The van der Waals surface area contributed by atoms with Crippen molar-refractivity contribution >= 4 is 5.71 Å². The van der Waals surface area contributed by atoms with Gasteiger partial charge in [-0.1, -0.05) is 13.5 Å². The number of aryl methyl sites for hydroxylation is 1. The van der Waals surface area contributed by atoms with Gasteiger partial charge in [-0.3, -0.25) is 5.43 Å². The van der Waals surface area contributed by atoms with Gasteiger partial charge < -0.3 is 4.74 Å². The van der Waals surface area contributed by atoms with E-state index in [1.165, 1.54) is 0 Å². The van der Waals surface area contributed by atoms with Crippen LogP contribution in [0.25, 0.3) is 0 Å². The molecule has 0 amide bonds. The second-order valence-corrected chi connectivity index (χ2v) is 5.66. The lowest BCUT2D eigenvalue weighted by molar-refractivity contribution is 0.104. The summed E-state index contributed by atoms with van der Waals surface area (Å²) in [5.41, 5.74) is 6.63. The number of benzene rings is 1. The van der Waals surface area contributed by atoms with E-state index in [0.717, 1.165) is 34.7 Å². The molecular formula is C17H22N2O. The molecule has 0 aliphatic carbocycles. The monoisotopic (exact) mass is 270 g/mol. The predicted molar refractivity (Wildman–Crippen MR) is 84.1 cm³/mol. The minimum Gasteiger partial charge on any atom is -0.488 e. The van der Waals surface area contributed by atoms with Crippen molar-refractivity contribution in [3.8, 4) is 5.75 Å². The molecule has 1 N–H and O–H groups in total. The van der Waals surface area contributed by atoms with Crippen LogP contribution in [-0.2, 0) is 0 Å². The maximum Gasteiger partial charge on any atom is 0.123 e. The normalized spacial score (nSPS) is 14.8. The van der Waals surface area contributed by atoms with Crippen LogP contribution in [-0.4, -0.2) is 11.3 Å². The van der Waals surface area contributed by atoms with Crippen LogP contribution >= 0.6 is 0 Å². The molecule has 1 aliphatic rings. The number of allylic oxidation sites excluding steroid dienone is 2. The van der Waals surface area contributed by atoms with Crippen LogP contribution in [0.2, 0.25) is 0 Å². The van der Waals surface area contributed by atoms with Crippen LogP contribution < -0.4 is 10.2 Å². The molecule has 0 bridgehead atoms. The highest BCUT2D eigenvalue weighted by Crippen LogP contribution is 2.26. The van der Waals surface area contributed by atoms with Crippen molar-refractivity contribution in [2.24, 2.45) is 5.10 Å². The minimum atomic E-state index is -0.145. The Bertz CT molecular complexity index is 583. The summed E-state index contributed by atoms with van der Waals surface area (Å²) in [6.07, 6.45) is 4.85. The number of nitrogens with zero attached hydrogens (tertiary/aromatic N) is 1. The molecule has 0 aromatic heterocycles. The van der Waals surface area contributed by atoms with Gasteiger partial charge in [-0.25, -0.2) is 0 Å². The van der Waals surface area contributed by atoms with E-state index in [-0.39, 0.29) is 5.60 Å². The minimum absolute atomic E-state index is 0.145. The summed E-state index contributed by atoms with van der Waals surface area (Å²) in [6.45, 7) is 12.2. The molecule has 1 aromatic carbocycles. The number of hydrogen-bond acceptors (Lipinski definition) is 3. The lowest BCUT2D eigenvalue weighted by Crippen LogP contribution is -2.27. The molecule has 2 rings (SSSR count). The lowest BCUT2D eigenvalue weighted by Gasteiger charge is -2.26. The average molecular weight is 270 g/mol. The van der Waals surface area contributed by atoms with Crippen LogP contribution in [0, 0.1) is 6.92 Å². The first-order chi connectivity index (χ1) is 9.41. The van der Waals surface area contributed by atoms with Crippen molar-refractivity contribution < 1.29 is 4.74 Å². The second kappa shape index (κ2) is 5.53. The number of nitrogens with one attached hydrogen (secondary N) is 1. The summed E-state index contributed by atoms with van der Waals surface area (Å²) in [5, 5.41) is 4.28. The Morgan fingerprint density at radius 3 is 2.60 bits per heavy atom. The van der Waals surface area contributed by atoms with Crippen molar-refractivity contribution in [3.63, 3.8) is 0 Å². The fourth-order valence-electron chi connectivity index (χ4n) is 1.84. The largest absolute Gasteiger partial charge is 0.488 e. The predicted octanol–water partition coefficient (Wildman–Crippen LogP) is 3.94. The topological polar surface area (TPSA) is 33.6 Å². The van der Waals surface area contributed by atoms with Gasteiger partial charge in [-0.15, -0.1) is 0 Å². The zero-order valence-electron chi connectivity index (χ0n) is 12.7. The molecule has 3 nitrogen and oxygen atoms in total. The van der Waals surface area contributed by atoms with Gasteiger partial charge in [0.1, 0.15) is 11.4 Å². The Morgan fingerprint density at radius 2 is 2.05 bits per heavy atom. The standard InChI is InChI=1S/C17H22N2O/c1-6-17(4,5)20-16-10-8-14(11-12(16)2)15-9-7-13(3)18-19-15/h7-11,18H,3,6H2,1-2,4-5H3. The Balaban J connectivity index is 2.22. The Morgan fingerprint density at radius 1 is 1.30 bits per heavy atom. The molecule has 106 valence electrons. The van der Waals surface area contributed by atoms with E-state index in [1.807, 2.05) is 24.3 Å². The van der Waals surface area contributed by atoms with Crippen molar-refractivity contribution in [3.05, 3.63) is 53.8 Å².